The minimum Gasteiger partial charge on any atom is -0.675 e. The smallest absolute Gasteiger partial charge is 0.336 e. The van der Waals surface area contributed by atoms with Gasteiger partial charge in [0.15, 0.2) is 6.20 Å². The van der Waals surface area contributed by atoms with Crippen LogP contribution in [0.1, 0.15) is 80.8 Å². The number of carbonyl (C=O) groups is 1. The summed E-state index contributed by atoms with van der Waals surface area (Å²) in [5.74, 6) is -0.889. The van der Waals surface area contributed by atoms with Gasteiger partial charge in [-0.25, -0.2) is 9.36 Å². The molecule has 4 nitrogen and oxygen atoms in total. The number of fused-ring (bicyclic) bond motifs is 1. The van der Waals surface area contributed by atoms with Crippen LogP contribution in [-0.4, -0.2) is 17.1 Å². The predicted molar refractivity (Wildman–Crippen MR) is 141 cm³/mol. The van der Waals surface area contributed by atoms with Gasteiger partial charge in [0.2, 0.25) is 5.52 Å². The van der Waals surface area contributed by atoms with E-state index in [2.05, 4.69) is 26.7 Å². The molecule has 2 N–H and O–H groups in total. The van der Waals surface area contributed by atoms with Gasteiger partial charge in [0.05, 0.1) is 5.56 Å². The minimum absolute atomic E-state index is 0. The van der Waals surface area contributed by atoms with Crippen molar-refractivity contribution >= 4 is 22.9 Å². The van der Waals surface area contributed by atoms with Crippen LogP contribution in [0.25, 0.3) is 22.7 Å². The molecule has 0 spiro atoms. The molecular formula is C28H44N2O2Pt-2. The Hall–Kier alpha value is -1.95. The Kier molecular flexibility index (Phi) is 25.4. The number of aromatic carboxylic acids is 1. The molecule has 3 rings (SSSR count). The van der Waals surface area contributed by atoms with Crippen LogP contribution in [0.15, 0.2) is 30.5 Å². The molecule has 1 heterocycles. The summed E-state index contributed by atoms with van der Waals surface area (Å²) in [7, 11) is 1.97. The Morgan fingerprint density at radius 1 is 1.21 bits per heavy atom. The van der Waals surface area contributed by atoms with Gasteiger partial charge in [0.25, 0.3) is 0 Å². The molecule has 0 bridgehead atoms. The number of aryl methyl sites for hydroxylation is 2. The number of rotatable bonds is 2. The number of carboxylic acid groups (broad SMARTS) is 1. The van der Waals surface area contributed by atoms with E-state index >= 15 is 0 Å². The molecule has 1 aliphatic rings. The Morgan fingerprint density at radius 2 is 1.73 bits per heavy atom. The number of pyridine rings is 1. The number of allylic oxidation sites excluding steroid dienone is 1. The molecule has 0 radical (unpaired) electrons. The number of nitrogens with one attached hydrogen (secondary N) is 1. The van der Waals surface area contributed by atoms with E-state index in [-0.39, 0.29) is 42.0 Å². The first-order chi connectivity index (χ1) is 14.4. The van der Waals surface area contributed by atoms with Crippen molar-refractivity contribution in [3.63, 3.8) is 0 Å². The molecule has 0 unspecified atom stereocenters. The second-order valence-electron chi connectivity index (χ2n) is 7.37. The van der Waals surface area contributed by atoms with Crippen LogP contribution in [0.5, 0.6) is 0 Å². The minimum atomic E-state index is -0.889. The van der Waals surface area contributed by atoms with Gasteiger partial charge in [0.1, 0.15) is 7.05 Å². The van der Waals surface area contributed by atoms with Gasteiger partial charge in [-0.2, -0.15) is 0 Å². The number of terminal acetylenes is 1. The molecule has 1 fully saturated rings. The molecule has 1 saturated carbocycles. The molecule has 33 heavy (non-hydrogen) atoms. The Labute approximate surface area is 217 Å². The van der Waals surface area contributed by atoms with Gasteiger partial charge in [-0.05, 0) is 31.5 Å². The zero-order valence-corrected chi connectivity index (χ0v) is 23.8. The number of hydrogen-bond acceptors (Lipinski definition) is 1. The summed E-state index contributed by atoms with van der Waals surface area (Å²) >= 11 is 0. The van der Waals surface area contributed by atoms with Crippen LogP contribution in [0.4, 0.5) is 0 Å². The summed E-state index contributed by atoms with van der Waals surface area (Å²) < 4.78 is 2.02. The average molecular weight is 636 g/mol. The number of hydrogen-bond donors (Lipinski definition) is 1. The second-order valence-corrected chi connectivity index (χ2v) is 7.37. The summed E-state index contributed by atoms with van der Waals surface area (Å²) in [6, 6.07) is 5.88. The van der Waals surface area contributed by atoms with E-state index in [1.165, 1.54) is 25.7 Å². The van der Waals surface area contributed by atoms with Crippen molar-refractivity contribution in [3.8, 4) is 12.8 Å². The number of carboxylic acids is 1. The predicted octanol–water partition coefficient (Wildman–Crippen LogP) is 7.64. The SMILES string of the molecule is C#C.C/C=C\c1c(C(=O)O)cc2ccc[n+](C)c2c1C.CCC.[CH3-].[CH3-].[NH-]C1CCCCC1.[Pt]. The summed E-state index contributed by atoms with van der Waals surface area (Å²) in [5, 5.41) is 10.3. The molecule has 5 heteroatoms. The summed E-state index contributed by atoms with van der Waals surface area (Å²) in [4.78, 5) is 11.3. The van der Waals surface area contributed by atoms with Gasteiger partial charge in [-0.1, -0.05) is 64.5 Å². The summed E-state index contributed by atoms with van der Waals surface area (Å²) in [6.45, 7) is 8.10. The molecule has 0 amide bonds. The maximum Gasteiger partial charge on any atom is 0.336 e. The monoisotopic (exact) mass is 635 g/mol. The van der Waals surface area contributed by atoms with Gasteiger partial charge in [0, 0.05) is 38.1 Å². The van der Waals surface area contributed by atoms with Gasteiger partial charge in [-0.15, -0.1) is 18.9 Å². The topological polar surface area (TPSA) is 65.0 Å². The van der Waals surface area contributed by atoms with Crippen molar-refractivity contribution in [1.82, 2.24) is 0 Å². The third-order valence-corrected chi connectivity index (χ3v) is 4.73. The van der Waals surface area contributed by atoms with E-state index in [0.717, 1.165) is 34.9 Å². The molecule has 190 valence electrons. The largest absolute Gasteiger partial charge is 0.675 e. The molecule has 1 aliphatic carbocycles. The maximum atomic E-state index is 11.3. The molecule has 0 atom stereocenters. The molecule has 1 aromatic heterocycles. The van der Waals surface area contributed by atoms with E-state index in [4.69, 9.17) is 5.73 Å². The fourth-order valence-corrected chi connectivity index (χ4v) is 3.45. The zero-order valence-electron chi connectivity index (χ0n) is 21.6. The zero-order chi connectivity index (χ0) is 23.1. The Bertz CT molecular complexity index is 839. The van der Waals surface area contributed by atoms with E-state index in [1.807, 2.05) is 55.9 Å². The molecular weight excluding hydrogens is 591 g/mol. The van der Waals surface area contributed by atoms with Crippen molar-refractivity contribution in [3.05, 3.63) is 67.7 Å². The molecule has 0 aliphatic heterocycles. The number of nitrogens with zero attached hydrogens (tertiary/aromatic N) is 1. The van der Waals surface area contributed by atoms with Crippen molar-refractivity contribution in [2.24, 2.45) is 7.05 Å². The standard InChI is InChI=1S/C15H15NO2.C6H12N.C3H8.C2H2.2CH3.Pt/c1-4-6-12-10(2)14-11(7-5-8-16(14)3)9-13(12)15(17)18;7-6-4-2-1-3-5-6;1-3-2;1-2;;;/h4-9H,1-3H3;6-7H,1-5H2;3H2,1-2H3;1-2H;2*1H3;/q;-1;;;2*-1;/p+1/b6-4-;;;;;;. The second kappa shape index (κ2) is 21.9. The first-order valence-electron chi connectivity index (χ1n) is 10.7. The van der Waals surface area contributed by atoms with Gasteiger partial charge < -0.3 is 25.7 Å². The van der Waals surface area contributed by atoms with E-state index in [0.29, 0.717) is 5.56 Å². The van der Waals surface area contributed by atoms with Crippen molar-refractivity contribution in [2.75, 3.05) is 0 Å². The first kappa shape index (κ1) is 38.3. The van der Waals surface area contributed by atoms with Gasteiger partial charge >= 0.3 is 5.97 Å². The molecule has 2 aromatic rings. The fourth-order valence-electron chi connectivity index (χ4n) is 3.45. The van der Waals surface area contributed by atoms with Crippen LogP contribution in [0.3, 0.4) is 0 Å². The quantitative estimate of drug-likeness (QED) is 0.210. The van der Waals surface area contributed by atoms with E-state index in [1.54, 1.807) is 6.07 Å². The third-order valence-electron chi connectivity index (χ3n) is 4.73. The van der Waals surface area contributed by atoms with Crippen LogP contribution in [0, 0.1) is 34.6 Å². The van der Waals surface area contributed by atoms with E-state index < -0.39 is 5.97 Å². The maximum absolute atomic E-state index is 11.3. The molecule has 0 saturated heterocycles. The summed E-state index contributed by atoms with van der Waals surface area (Å²) in [5.41, 5.74) is 10.5. The van der Waals surface area contributed by atoms with Gasteiger partial charge in [-0.3, -0.25) is 0 Å². The first-order valence-corrected chi connectivity index (χ1v) is 10.7. The van der Waals surface area contributed by atoms with Crippen molar-refractivity contribution in [1.29, 1.82) is 0 Å². The van der Waals surface area contributed by atoms with Crippen LogP contribution < -0.4 is 4.57 Å². The van der Waals surface area contributed by atoms with Crippen LogP contribution in [-0.2, 0) is 28.1 Å². The van der Waals surface area contributed by atoms with Crippen LogP contribution >= 0.6 is 0 Å². The number of aromatic nitrogens is 1. The third kappa shape index (κ3) is 12.8. The van der Waals surface area contributed by atoms with Crippen LogP contribution in [0.2, 0.25) is 0 Å². The van der Waals surface area contributed by atoms with Crippen molar-refractivity contribution < 1.29 is 35.5 Å². The normalized spacial score (nSPS) is 12.1. The van der Waals surface area contributed by atoms with Crippen molar-refractivity contribution in [2.45, 2.75) is 72.3 Å². The Balaban J connectivity index is -0.000000237. The average Bonchev–Trinajstić information content (AvgIpc) is 2.73. The van der Waals surface area contributed by atoms with E-state index in [9.17, 15) is 9.90 Å². The number of benzene rings is 1. The Morgan fingerprint density at radius 3 is 2.12 bits per heavy atom. The fraction of sp³-hybridized carbons (Fsp3) is 0.429. The summed E-state index contributed by atoms with van der Waals surface area (Å²) in [6.07, 6.45) is 21.2. The molecule has 1 aromatic carbocycles.